The molecule has 0 unspecified atom stereocenters. The Morgan fingerprint density at radius 2 is 1.68 bits per heavy atom. The summed E-state index contributed by atoms with van der Waals surface area (Å²) < 4.78 is 11.4. The lowest BCUT2D eigenvalue weighted by molar-refractivity contribution is -0.291. The monoisotopic (exact) mass is 562 g/mol. The van der Waals surface area contributed by atoms with E-state index < -0.39 is 76.9 Å². The van der Waals surface area contributed by atoms with Gasteiger partial charge in [-0.05, 0) is 56.4 Å². The van der Waals surface area contributed by atoms with Gasteiger partial charge in [-0.3, -0.25) is 14.4 Å². The molecule has 10 heteroatoms. The van der Waals surface area contributed by atoms with E-state index in [4.69, 9.17) is 9.47 Å². The number of Topliss-reactive ketones (excluding diaryl/α,β-unsaturated/α-hetero) is 3. The molecule has 5 N–H and O–H groups in total. The zero-order valence-electron chi connectivity index (χ0n) is 24.0. The van der Waals surface area contributed by atoms with Gasteiger partial charge in [0.05, 0.1) is 18.1 Å². The molecule has 0 bridgehead atoms. The zero-order chi connectivity index (χ0) is 29.7. The van der Waals surface area contributed by atoms with Crippen molar-refractivity contribution in [2.24, 2.45) is 39.4 Å². The molecule has 0 aromatic heterocycles. The number of allylic oxidation sites excluding steroid dienone is 4. The van der Waals surface area contributed by atoms with E-state index >= 15 is 0 Å². The highest BCUT2D eigenvalue weighted by Crippen LogP contribution is 2.72. The van der Waals surface area contributed by atoms with Crippen LogP contribution in [0.25, 0.3) is 0 Å². The summed E-state index contributed by atoms with van der Waals surface area (Å²) >= 11 is 0. The van der Waals surface area contributed by atoms with Crippen molar-refractivity contribution in [3.05, 3.63) is 23.5 Å². The summed E-state index contributed by atoms with van der Waals surface area (Å²) in [4.78, 5) is 40.6. The van der Waals surface area contributed by atoms with Gasteiger partial charge < -0.3 is 35.0 Å². The maximum Gasteiger partial charge on any atom is 0.229 e. The molecule has 0 amide bonds. The molecular formula is C30H42O10. The molecule has 0 radical (unpaired) electrons. The third-order valence-corrected chi connectivity index (χ3v) is 11.5. The molecule has 0 spiro atoms. The Morgan fingerprint density at radius 3 is 2.27 bits per heavy atom. The average Bonchev–Trinajstić information content (AvgIpc) is 3.07. The van der Waals surface area contributed by atoms with Gasteiger partial charge in [-0.25, -0.2) is 0 Å². The minimum atomic E-state index is -1.69. The molecule has 0 aromatic carbocycles. The van der Waals surface area contributed by atoms with Gasteiger partial charge >= 0.3 is 0 Å². The van der Waals surface area contributed by atoms with Crippen molar-refractivity contribution in [3.8, 4) is 0 Å². The van der Waals surface area contributed by atoms with E-state index in [2.05, 4.69) is 6.92 Å². The summed E-state index contributed by atoms with van der Waals surface area (Å²) in [6, 6.07) is 0. The molecule has 10 nitrogen and oxygen atoms in total. The summed E-state index contributed by atoms with van der Waals surface area (Å²) in [7, 11) is 0. The van der Waals surface area contributed by atoms with Crippen LogP contribution in [0.4, 0.5) is 0 Å². The third-order valence-electron chi connectivity index (χ3n) is 11.5. The lowest BCUT2D eigenvalue weighted by atomic mass is 9.39. The second-order valence-electron chi connectivity index (χ2n) is 13.8. The Labute approximate surface area is 234 Å². The number of carbonyl (C=O) groups excluding carboxylic acids is 3. The normalized spacial score (nSPS) is 49.8. The smallest absolute Gasteiger partial charge is 0.229 e. The predicted octanol–water partition coefficient (Wildman–Crippen LogP) is 0.820. The number of carbonyl (C=O) groups is 3. The van der Waals surface area contributed by atoms with E-state index in [1.165, 1.54) is 6.92 Å². The van der Waals surface area contributed by atoms with E-state index in [0.29, 0.717) is 12.8 Å². The number of fused-ring (bicyclic) bond motifs is 5. The van der Waals surface area contributed by atoms with Crippen molar-refractivity contribution in [3.63, 3.8) is 0 Å². The molecule has 1 aliphatic heterocycles. The summed E-state index contributed by atoms with van der Waals surface area (Å²) in [6.45, 7) is 10.3. The second kappa shape index (κ2) is 9.28. The first-order valence-electron chi connectivity index (χ1n) is 14.1. The van der Waals surface area contributed by atoms with Crippen LogP contribution in [0.1, 0.15) is 60.8 Å². The van der Waals surface area contributed by atoms with Crippen LogP contribution in [0, 0.1) is 39.4 Å². The highest BCUT2D eigenvalue weighted by Gasteiger charge is 2.72. The first-order chi connectivity index (χ1) is 18.5. The molecule has 0 aromatic rings. The Bertz CT molecular complexity index is 1190. The van der Waals surface area contributed by atoms with Gasteiger partial charge in [0, 0.05) is 23.7 Å². The summed E-state index contributed by atoms with van der Waals surface area (Å²) in [5.41, 5.74) is -2.49. The van der Waals surface area contributed by atoms with Crippen molar-refractivity contribution < 1.29 is 49.4 Å². The minimum Gasteiger partial charge on any atom is -0.459 e. The number of rotatable bonds is 4. The van der Waals surface area contributed by atoms with Crippen molar-refractivity contribution in [2.45, 2.75) is 97.6 Å². The molecule has 3 fully saturated rings. The summed E-state index contributed by atoms with van der Waals surface area (Å²) in [5.74, 6) is -2.09. The van der Waals surface area contributed by atoms with Gasteiger partial charge in [-0.15, -0.1) is 0 Å². The molecule has 2 saturated carbocycles. The van der Waals surface area contributed by atoms with E-state index in [1.807, 2.05) is 19.9 Å². The minimum absolute atomic E-state index is 0.0398. The van der Waals surface area contributed by atoms with Crippen LogP contribution >= 0.6 is 0 Å². The number of hydrogen-bond acceptors (Lipinski definition) is 10. The fraction of sp³-hybridized carbons (Fsp3) is 0.767. The van der Waals surface area contributed by atoms with Crippen LogP contribution in [0.15, 0.2) is 23.5 Å². The Hall–Kier alpha value is -1.95. The topological polar surface area (TPSA) is 171 Å². The molecule has 1 heterocycles. The fourth-order valence-corrected chi connectivity index (χ4v) is 9.06. The zero-order valence-corrected chi connectivity index (χ0v) is 24.0. The molecule has 5 aliphatic rings. The predicted molar refractivity (Wildman–Crippen MR) is 140 cm³/mol. The number of hydrogen-bond donors (Lipinski definition) is 5. The van der Waals surface area contributed by atoms with Crippen LogP contribution < -0.4 is 0 Å². The number of ketones is 3. The Kier molecular flexibility index (Phi) is 6.85. The first-order valence-corrected chi connectivity index (χ1v) is 14.1. The number of ether oxygens (including phenoxy) is 2. The van der Waals surface area contributed by atoms with Crippen molar-refractivity contribution in [1.29, 1.82) is 0 Å². The number of aliphatic hydroxyl groups excluding tert-OH is 5. The van der Waals surface area contributed by atoms with Crippen LogP contribution in [-0.2, 0) is 23.9 Å². The largest absolute Gasteiger partial charge is 0.459 e. The van der Waals surface area contributed by atoms with Gasteiger partial charge in [-0.2, -0.15) is 0 Å². The van der Waals surface area contributed by atoms with Gasteiger partial charge in [0.25, 0.3) is 0 Å². The first kappa shape index (κ1) is 29.5. The van der Waals surface area contributed by atoms with Gasteiger partial charge in [0.1, 0.15) is 36.0 Å². The summed E-state index contributed by atoms with van der Waals surface area (Å²) in [5, 5.41) is 51.5. The molecule has 5 rings (SSSR count). The van der Waals surface area contributed by atoms with E-state index in [9.17, 15) is 39.9 Å². The van der Waals surface area contributed by atoms with Crippen LogP contribution in [0.3, 0.4) is 0 Å². The lowest BCUT2D eigenvalue weighted by Gasteiger charge is -2.62. The van der Waals surface area contributed by atoms with Gasteiger partial charge in [-0.1, -0.05) is 32.4 Å². The molecule has 222 valence electrons. The van der Waals surface area contributed by atoms with Crippen molar-refractivity contribution >= 4 is 17.3 Å². The molecule has 1 saturated heterocycles. The fourth-order valence-electron chi connectivity index (χ4n) is 9.06. The third kappa shape index (κ3) is 3.66. The molecule has 12 atom stereocenters. The quantitative estimate of drug-likeness (QED) is 0.309. The Balaban J connectivity index is 1.57. The molecular weight excluding hydrogens is 520 g/mol. The molecule has 40 heavy (non-hydrogen) atoms. The SMILES string of the molecule is CC(=O)[C@H]1[C@H](O)C[C@@]2(C)[C@@H]3CC=C4[C@@H](C=C(O[C@H]5O[C@@H](CO)[C@H](O)[C@@H](O)[C@@H]5O)C(=O)C4(C)C)[C@]3(C)C(=O)C[C@]12C. The standard InChI is InChI=1S/C30H42O10/c1-13(32)21-16(33)10-28(4)19-8-7-14-15(30(19,6)20(34)11-29(21,28)5)9-17(25(38)27(14,2)3)39-26-24(37)23(36)22(35)18(12-31)40-26/h7,9,15-16,18-19,21-24,26,31,33,35-37H,8,10-12H2,1-6H3/t15-,16-,18+,19+,21+,22+,23-,24+,26+,28+,29-,30+/m1/s1. The van der Waals surface area contributed by atoms with Crippen LogP contribution in [-0.4, -0.2) is 86.3 Å². The van der Waals surface area contributed by atoms with E-state index in [1.54, 1.807) is 19.9 Å². The maximum atomic E-state index is 14.2. The van der Waals surface area contributed by atoms with E-state index in [0.717, 1.165) is 5.57 Å². The van der Waals surface area contributed by atoms with Crippen molar-refractivity contribution in [2.75, 3.05) is 6.61 Å². The van der Waals surface area contributed by atoms with Gasteiger partial charge in [0.15, 0.2) is 5.76 Å². The number of aliphatic hydroxyl groups is 5. The van der Waals surface area contributed by atoms with E-state index in [-0.39, 0.29) is 35.4 Å². The lowest BCUT2D eigenvalue weighted by Crippen LogP contribution is -2.63. The highest BCUT2D eigenvalue weighted by atomic mass is 16.7. The molecule has 4 aliphatic carbocycles. The van der Waals surface area contributed by atoms with Crippen LogP contribution in [0.5, 0.6) is 0 Å². The highest BCUT2D eigenvalue weighted by molar-refractivity contribution is 6.02. The second-order valence-corrected chi connectivity index (χ2v) is 13.8. The van der Waals surface area contributed by atoms with Crippen LogP contribution in [0.2, 0.25) is 0 Å². The average molecular weight is 563 g/mol. The van der Waals surface area contributed by atoms with Gasteiger partial charge in [0.2, 0.25) is 12.1 Å². The Morgan fingerprint density at radius 1 is 1.02 bits per heavy atom. The summed E-state index contributed by atoms with van der Waals surface area (Å²) in [6.07, 6.45) is -3.88. The van der Waals surface area contributed by atoms with Crippen molar-refractivity contribution in [1.82, 2.24) is 0 Å². The maximum absolute atomic E-state index is 14.2.